The quantitative estimate of drug-likeness (QED) is 0.592. The minimum Gasteiger partial charge on any atom is -0.391 e. The Bertz CT molecular complexity index is 412. The molecule has 0 saturated carbocycles. The van der Waals surface area contributed by atoms with Crippen molar-refractivity contribution < 1.29 is 14.7 Å². The summed E-state index contributed by atoms with van der Waals surface area (Å²) in [5.41, 5.74) is 1.40. The number of Topliss-reactive ketones (excluding diaryl/α,β-unsaturated/α-hetero) is 1. The molecule has 18 heavy (non-hydrogen) atoms. The highest BCUT2D eigenvalue weighted by molar-refractivity contribution is 6.42. The molecule has 1 rings (SSSR count). The highest BCUT2D eigenvalue weighted by atomic mass is 16.3. The minimum atomic E-state index is -0.672. The molecule has 0 aliphatic rings. The van der Waals surface area contributed by atoms with Crippen LogP contribution in [0.4, 0.5) is 0 Å². The number of aliphatic hydroxyl groups excluding tert-OH is 1. The van der Waals surface area contributed by atoms with Crippen LogP contribution in [0, 0.1) is 6.92 Å². The van der Waals surface area contributed by atoms with Crippen LogP contribution >= 0.6 is 0 Å². The van der Waals surface area contributed by atoms with E-state index in [0.717, 1.165) is 12.0 Å². The van der Waals surface area contributed by atoms with Crippen LogP contribution in [0.2, 0.25) is 0 Å². The summed E-state index contributed by atoms with van der Waals surface area (Å²) in [4.78, 5) is 23.3. The third-order valence-electron chi connectivity index (χ3n) is 2.64. The van der Waals surface area contributed by atoms with Gasteiger partial charge in [0.05, 0.1) is 6.10 Å². The predicted molar refractivity (Wildman–Crippen MR) is 69.4 cm³/mol. The van der Waals surface area contributed by atoms with Gasteiger partial charge in [-0.15, -0.1) is 0 Å². The molecule has 1 aromatic carbocycles. The average molecular weight is 249 g/mol. The largest absolute Gasteiger partial charge is 0.391 e. The van der Waals surface area contributed by atoms with E-state index >= 15 is 0 Å². The molecule has 1 aromatic rings. The fraction of sp³-hybridized carbons (Fsp3) is 0.429. The van der Waals surface area contributed by atoms with Crippen molar-refractivity contribution in [2.24, 2.45) is 0 Å². The second kappa shape index (κ2) is 6.91. The van der Waals surface area contributed by atoms with Gasteiger partial charge in [-0.25, -0.2) is 0 Å². The smallest absolute Gasteiger partial charge is 0.292 e. The van der Waals surface area contributed by atoms with E-state index in [4.69, 9.17) is 0 Å². The second-order valence-electron chi connectivity index (χ2n) is 4.35. The van der Waals surface area contributed by atoms with Crippen molar-refractivity contribution in [3.8, 4) is 0 Å². The van der Waals surface area contributed by atoms with Crippen LogP contribution in [-0.4, -0.2) is 29.4 Å². The summed E-state index contributed by atoms with van der Waals surface area (Å²) in [6.45, 7) is 3.97. The fourth-order valence-electron chi connectivity index (χ4n) is 1.56. The number of rotatable bonds is 6. The molecular formula is C14H19NO3. The van der Waals surface area contributed by atoms with Crippen LogP contribution in [0.1, 0.15) is 35.7 Å². The number of aliphatic hydroxyl groups is 1. The highest BCUT2D eigenvalue weighted by Gasteiger charge is 2.16. The first-order chi connectivity index (χ1) is 8.54. The summed E-state index contributed by atoms with van der Waals surface area (Å²) < 4.78 is 0. The Kier molecular flexibility index (Phi) is 5.52. The first-order valence-corrected chi connectivity index (χ1v) is 6.11. The van der Waals surface area contributed by atoms with Gasteiger partial charge in [-0.3, -0.25) is 9.59 Å². The summed E-state index contributed by atoms with van der Waals surface area (Å²) >= 11 is 0. The first-order valence-electron chi connectivity index (χ1n) is 6.11. The average Bonchev–Trinajstić information content (AvgIpc) is 2.36. The molecule has 1 amide bonds. The molecule has 0 saturated heterocycles. The summed E-state index contributed by atoms with van der Waals surface area (Å²) in [6, 6.07) is 6.82. The van der Waals surface area contributed by atoms with Crippen molar-refractivity contribution in [3.05, 3.63) is 35.4 Å². The maximum Gasteiger partial charge on any atom is 0.292 e. The van der Waals surface area contributed by atoms with E-state index in [1.165, 1.54) is 0 Å². The van der Waals surface area contributed by atoms with Gasteiger partial charge < -0.3 is 10.4 Å². The lowest BCUT2D eigenvalue weighted by atomic mass is 10.1. The van der Waals surface area contributed by atoms with E-state index in [2.05, 4.69) is 5.32 Å². The summed E-state index contributed by atoms with van der Waals surface area (Å²) in [7, 11) is 0. The molecule has 98 valence electrons. The summed E-state index contributed by atoms with van der Waals surface area (Å²) in [5.74, 6) is -1.24. The lowest BCUT2D eigenvalue weighted by Crippen LogP contribution is -2.36. The number of aryl methyl sites for hydroxylation is 1. The van der Waals surface area contributed by atoms with E-state index in [-0.39, 0.29) is 6.54 Å². The number of carbonyl (C=O) groups excluding carboxylic acids is 2. The molecule has 0 bridgehead atoms. The summed E-state index contributed by atoms with van der Waals surface area (Å²) in [6.07, 6.45) is 0.854. The van der Waals surface area contributed by atoms with E-state index in [0.29, 0.717) is 12.0 Å². The normalized spacial score (nSPS) is 11.9. The molecule has 4 nitrogen and oxygen atoms in total. The van der Waals surface area contributed by atoms with Crippen molar-refractivity contribution in [2.75, 3.05) is 6.54 Å². The van der Waals surface area contributed by atoms with Gasteiger partial charge in [0, 0.05) is 12.1 Å². The van der Waals surface area contributed by atoms with Gasteiger partial charge >= 0.3 is 0 Å². The monoisotopic (exact) mass is 249 g/mol. The molecule has 2 N–H and O–H groups in total. The molecule has 1 atom stereocenters. The molecule has 0 fully saturated rings. The molecule has 0 heterocycles. The molecule has 0 aliphatic carbocycles. The molecule has 4 heteroatoms. The van der Waals surface area contributed by atoms with Gasteiger partial charge in [0.15, 0.2) is 0 Å². The maximum absolute atomic E-state index is 11.7. The first kappa shape index (κ1) is 14.4. The Hall–Kier alpha value is -1.68. The Balaban J connectivity index is 2.51. The molecule has 0 spiro atoms. The van der Waals surface area contributed by atoms with E-state index < -0.39 is 17.8 Å². The van der Waals surface area contributed by atoms with E-state index in [1.54, 1.807) is 24.3 Å². The maximum atomic E-state index is 11.7. The third-order valence-corrected chi connectivity index (χ3v) is 2.64. The molecular weight excluding hydrogens is 230 g/mol. The zero-order valence-corrected chi connectivity index (χ0v) is 10.8. The minimum absolute atomic E-state index is 0.115. The van der Waals surface area contributed by atoms with Crippen LogP contribution in [0.15, 0.2) is 24.3 Å². The number of benzene rings is 1. The molecule has 0 aliphatic heterocycles. The summed E-state index contributed by atoms with van der Waals surface area (Å²) in [5, 5.41) is 11.9. The van der Waals surface area contributed by atoms with Gasteiger partial charge in [0.1, 0.15) is 0 Å². The van der Waals surface area contributed by atoms with E-state index in [1.807, 2.05) is 13.8 Å². The molecule has 1 unspecified atom stereocenters. The van der Waals surface area contributed by atoms with Crippen LogP contribution in [0.3, 0.4) is 0 Å². The number of nitrogens with one attached hydrogen (secondary N) is 1. The number of carbonyl (C=O) groups is 2. The van der Waals surface area contributed by atoms with Crippen molar-refractivity contribution in [1.82, 2.24) is 5.32 Å². The number of hydrogen-bond acceptors (Lipinski definition) is 3. The van der Waals surface area contributed by atoms with E-state index in [9.17, 15) is 14.7 Å². The van der Waals surface area contributed by atoms with Gasteiger partial charge in [-0.2, -0.15) is 0 Å². The number of amides is 1. The van der Waals surface area contributed by atoms with Crippen LogP contribution < -0.4 is 5.32 Å². The number of ketones is 1. The molecule has 0 aromatic heterocycles. The van der Waals surface area contributed by atoms with Crippen molar-refractivity contribution in [1.29, 1.82) is 0 Å². The predicted octanol–water partition coefficient (Wildman–Crippen LogP) is 1.45. The Labute approximate surface area is 107 Å². The highest BCUT2D eigenvalue weighted by Crippen LogP contribution is 2.04. The Morgan fingerprint density at radius 2 is 1.89 bits per heavy atom. The topological polar surface area (TPSA) is 66.4 Å². The lowest BCUT2D eigenvalue weighted by molar-refractivity contribution is -0.117. The Morgan fingerprint density at radius 1 is 1.28 bits per heavy atom. The van der Waals surface area contributed by atoms with Crippen LogP contribution in [-0.2, 0) is 4.79 Å². The number of hydrogen-bond donors (Lipinski definition) is 2. The van der Waals surface area contributed by atoms with Gasteiger partial charge in [0.2, 0.25) is 5.78 Å². The van der Waals surface area contributed by atoms with Crippen molar-refractivity contribution in [3.63, 3.8) is 0 Å². The molecule has 0 radical (unpaired) electrons. The van der Waals surface area contributed by atoms with Gasteiger partial charge in [0.25, 0.3) is 5.91 Å². The fourth-order valence-corrected chi connectivity index (χ4v) is 1.56. The van der Waals surface area contributed by atoms with Crippen molar-refractivity contribution >= 4 is 11.7 Å². The van der Waals surface area contributed by atoms with Crippen LogP contribution in [0.25, 0.3) is 0 Å². The van der Waals surface area contributed by atoms with Gasteiger partial charge in [-0.05, 0) is 13.3 Å². The zero-order valence-electron chi connectivity index (χ0n) is 10.8. The Morgan fingerprint density at radius 3 is 2.44 bits per heavy atom. The third kappa shape index (κ3) is 4.30. The SMILES string of the molecule is CCCC(O)CNC(=O)C(=O)c1ccc(C)cc1. The second-order valence-corrected chi connectivity index (χ2v) is 4.35. The van der Waals surface area contributed by atoms with Crippen molar-refractivity contribution in [2.45, 2.75) is 32.8 Å². The van der Waals surface area contributed by atoms with Gasteiger partial charge in [-0.1, -0.05) is 43.2 Å². The van der Waals surface area contributed by atoms with Crippen LogP contribution in [0.5, 0.6) is 0 Å². The zero-order chi connectivity index (χ0) is 13.5. The standard InChI is InChI=1S/C14H19NO3/c1-3-4-12(16)9-15-14(18)13(17)11-7-5-10(2)6-8-11/h5-8,12,16H,3-4,9H2,1-2H3,(H,15,18). The lowest BCUT2D eigenvalue weighted by Gasteiger charge is -2.10.